The molecule has 1 fully saturated rings. The average molecular weight is 365 g/mol. The van der Waals surface area contributed by atoms with Gasteiger partial charge >= 0.3 is 0 Å². The van der Waals surface area contributed by atoms with Gasteiger partial charge in [0.25, 0.3) is 5.91 Å². The minimum absolute atomic E-state index is 0.0343. The second-order valence-corrected chi connectivity index (χ2v) is 6.75. The molecule has 6 heteroatoms. The smallest absolute Gasteiger partial charge is 0.272 e. The van der Waals surface area contributed by atoms with Crippen LogP contribution < -0.4 is 10.1 Å². The van der Waals surface area contributed by atoms with Gasteiger partial charge < -0.3 is 19.4 Å². The van der Waals surface area contributed by atoms with Gasteiger partial charge in [0, 0.05) is 24.8 Å². The van der Waals surface area contributed by atoms with Crippen LogP contribution in [0.4, 0.5) is 11.5 Å². The van der Waals surface area contributed by atoms with Gasteiger partial charge in [0.05, 0.1) is 18.8 Å². The third kappa shape index (κ3) is 3.74. The Morgan fingerprint density at radius 3 is 2.56 bits per heavy atom. The monoisotopic (exact) mass is 365 g/mol. The topological polar surface area (TPSA) is 67.6 Å². The second-order valence-electron chi connectivity index (χ2n) is 6.75. The Kier molecular flexibility index (Phi) is 4.96. The molecule has 0 saturated carbocycles. The van der Waals surface area contributed by atoms with E-state index in [-0.39, 0.29) is 5.91 Å². The van der Waals surface area contributed by atoms with Crippen molar-refractivity contribution in [1.82, 2.24) is 9.88 Å². The molecule has 0 unspecified atom stereocenters. The van der Waals surface area contributed by atoms with Gasteiger partial charge in [-0.15, -0.1) is 0 Å². The van der Waals surface area contributed by atoms with Crippen molar-refractivity contribution in [3.8, 4) is 5.75 Å². The third-order valence-electron chi connectivity index (χ3n) is 4.92. The lowest BCUT2D eigenvalue weighted by Crippen LogP contribution is -2.32. The van der Waals surface area contributed by atoms with Gasteiger partial charge in [-0.05, 0) is 43.2 Å². The van der Waals surface area contributed by atoms with Crippen molar-refractivity contribution >= 4 is 28.4 Å². The normalized spacial score (nSPS) is 14.8. The molecule has 1 N–H and O–H groups in total. The lowest BCUT2D eigenvalue weighted by atomic mass is 10.2. The second kappa shape index (κ2) is 7.70. The number of methoxy groups -OCH3 is 1. The number of anilines is 2. The Balaban J connectivity index is 1.65. The number of furan rings is 1. The van der Waals surface area contributed by atoms with E-state index < -0.39 is 0 Å². The number of fused-ring (bicyclic) bond motifs is 1. The highest BCUT2D eigenvalue weighted by atomic mass is 16.5. The van der Waals surface area contributed by atoms with Crippen LogP contribution >= 0.6 is 0 Å². The molecule has 0 aliphatic carbocycles. The Morgan fingerprint density at radius 2 is 1.85 bits per heavy atom. The molecule has 1 saturated heterocycles. The molecule has 2 aromatic heterocycles. The van der Waals surface area contributed by atoms with E-state index in [1.807, 2.05) is 35.2 Å². The number of carbonyl (C=O) groups excluding carboxylic acids is 1. The van der Waals surface area contributed by atoms with Crippen LogP contribution in [0.5, 0.6) is 5.75 Å². The zero-order valence-electron chi connectivity index (χ0n) is 15.4. The Bertz CT molecular complexity index is 925. The zero-order valence-corrected chi connectivity index (χ0v) is 15.4. The highest BCUT2D eigenvalue weighted by Crippen LogP contribution is 2.28. The van der Waals surface area contributed by atoms with Crippen LogP contribution in [0.1, 0.15) is 36.2 Å². The summed E-state index contributed by atoms with van der Waals surface area (Å²) in [6.45, 7) is 1.58. The highest BCUT2D eigenvalue weighted by molar-refractivity contribution is 5.99. The van der Waals surface area contributed by atoms with E-state index in [2.05, 4.69) is 10.3 Å². The van der Waals surface area contributed by atoms with Crippen LogP contribution in [-0.4, -0.2) is 36.0 Å². The number of ether oxygens (including phenoxy) is 1. The van der Waals surface area contributed by atoms with Crippen molar-refractivity contribution in [2.75, 3.05) is 25.5 Å². The molecule has 0 bridgehead atoms. The molecule has 0 atom stereocenters. The minimum atomic E-state index is -0.0343. The first-order valence-corrected chi connectivity index (χ1v) is 9.33. The number of aromatic nitrogens is 1. The van der Waals surface area contributed by atoms with Crippen LogP contribution in [0.3, 0.4) is 0 Å². The van der Waals surface area contributed by atoms with Gasteiger partial charge in [-0.2, -0.15) is 0 Å². The van der Waals surface area contributed by atoms with E-state index in [9.17, 15) is 4.79 Å². The minimum Gasteiger partial charge on any atom is -0.497 e. The molecule has 1 aromatic carbocycles. The summed E-state index contributed by atoms with van der Waals surface area (Å²) in [7, 11) is 1.64. The molecule has 1 amide bonds. The zero-order chi connectivity index (χ0) is 18.6. The highest BCUT2D eigenvalue weighted by Gasteiger charge is 2.21. The molecule has 3 heterocycles. The standard InChI is InChI=1S/C21H23N3O3/c1-26-16-8-6-15(7-9-16)22-20-17-10-13-27-19(17)14-18(23-20)21(25)24-11-4-2-3-5-12-24/h6-10,13-14H,2-5,11-12H2,1H3,(H,22,23). The van der Waals surface area contributed by atoms with Gasteiger partial charge in [-0.3, -0.25) is 4.79 Å². The maximum atomic E-state index is 13.0. The lowest BCUT2D eigenvalue weighted by Gasteiger charge is -2.20. The fourth-order valence-electron chi connectivity index (χ4n) is 3.42. The van der Waals surface area contributed by atoms with Crippen molar-refractivity contribution in [2.24, 2.45) is 0 Å². The van der Waals surface area contributed by atoms with Crippen molar-refractivity contribution < 1.29 is 13.9 Å². The van der Waals surface area contributed by atoms with Gasteiger partial charge in [0.1, 0.15) is 22.8 Å². The van der Waals surface area contributed by atoms with E-state index in [0.29, 0.717) is 17.1 Å². The number of benzene rings is 1. The van der Waals surface area contributed by atoms with E-state index in [1.165, 1.54) is 12.8 Å². The number of hydrogen-bond donors (Lipinski definition) is 1. The Labute approximate surface area is 158 Å². The third-order valence-corrected chi connectivity index (χ3v) is 4.92. The number of hydrogen-bond acceptors (Lipinski definition) is 5. The summed E-state index contributed by atoms with van der Waals surface area (Å²) in [6, 6.07) is 11.2. The lowest BCUT2D eigenvalue weighted by molar-refractivity contribution is 0.0756. The number of rotatable bonds is 4. The summed E-state index contributed by atoms with van der Waals surface area (Å²) in [5, 5.41) is 4.14. The maximum absolute atomic E-state index is 13.0. The van der Waals surface area contributed by atoms with E-state index in [0.717, 1.165) is 42.8 Å². The van der Waals surface area contributed by atoms with Crippen molar-refractivity contribution in [3.63, 3.8) is 0 Å². The summed E-state index contributed by atoms with van der Waals surface area (Å²) in [6.07, 6.45) is 6.07. The van der Waals surface area contributed by atoms with Gasteiger partial charge in [-0.25, -0.2) is 4.98 Å². The number of likely N-dealkylation sites (tertiary alicyclic amines) is 1. The van der Waals surface area contributed by atoms with Crippen LogP contribution in [0, 0.1) is 0 Å². The molecule has 0 spiro atoms. The molecule has 1 aliphatic rings. The fourth-order valence-corrected chi connectivity index (χ4v) is 3.42. The summed E-state index contributed by atoms with van der Waals surface area (Å²) >= 11 is 0. The summed E-state index contributed by atoms with van der Waals surface area (Å²) in [5.41, 5.74) is 1.93. The number of carbonyl (C=O) groups is 1. The summed E-state index contributed by atoms with van der Waals surface area (Å²) in [4.78, 5) is 19.5. The fraction of sp³-hybridized carbons (Fsp3) is 0.333. The first kappa shape index (κ1) is 17.4. The predicted molar refractivity (Wildman–Crippen MR) is 105 cm³/mol. The molecular weight excluding hydrogens is 342 g/mol. The van der Waals surface area contributed by atoms with Gasteiger partial charge in [0.15, 0.2) is 0 Å². The van der Waals surface area contributed by atoms with Gasteiger partial charge in [0.2, 0.25) is 0 Å². The maximum Gasteiger partial charge on any atom is 0.272 e. The largest absolute Gasteiger partial charge is 0.497 e. The van der Waals surface area contributed by atoms with Crippen molar-refractivity contribution in [2.45, 2.75) is 25.7 Å². The molecule has 4 rings (SSSR count). The molecule has 3 aromatic rings. The SMILES string of the molecule is COc1ccc(Nc2nc(C(=O)N3CCCCCC3)cc3occc23)cc1. The molecule has 6 nitrogen and oxygen atoms in total. The number of amides is 1. The molecule has 140 valence electrons. The van der Waals surface area contributed by atoms with E-state index >= 15 is 0 Å². The van der Waals surface area contributed by atoms with Crippen LogP contribution in [-0.2, 0) is 0 Å². The first-order chi connectivity index (χ1) is 13.2. The van der Waals surface area contributed by atoms with E-state index in [1.54, 1.807) is 19.4 Å². The summed E-state index contributed by atoms with van der Waals surface area (Å²) in [5.74, 6) is 1.37. The van der Waals surface area contributed by atoms with Crippen LogP contribution in [0.2, 0.25) is 0 Å². The molecular formula is C21H23N3O3. The number of nitrogens with one attached hydrogen (secondary N) is 1. The number of pyridine rings is 1. The average Bonchev–Trinajstić information content (AvgIpc) is 3.01. The molecule has 27 heavy (non-hydrogen) atoms. The Morgan fingerprint density at radius 1 is 1.11 bits per heavy atom. The van der Waals surface area contributed by atoms with Gasteiger partial charge in [-0.1, -0.05) is 12.8 Å². The van der Waals surface area contributed by atoms with E-state index in [4.69, 9.17) is 9.15 Å². The van der Waals surface area contributed by atoms with Crippen molar-refractivity contribution in [1.29, 1.82) is 0 Å². The van der Waals surface area contributed by atoms with Crippen LogP contribution in [0.15, 0.2) is 47.1 Å². The van der Waals surface area contributed by atoms with Crippen LogP contribution in [0.25, 0.3) is 11.0 Å². The summed E-state index contributed by atoms with van der Waals surface area (Å²) < 4.78 is 10.8. The Hall–Kier alpha value is -3.02. The quantitative estimate of drug-likeness (QED) is 0.732. The molecule has 0 radical (unpaired) electrons. The predicted octanol–water partition coefficient (Wildman–Crippen LogP) is 4.60. The first-order valence-electron chi connectivity index (χ1n) is 9.33. The molecule has 1 aliphatic heterocycles. The van der Waals surface area contributed by atoms with Crippen molar-refractivity contribution in [3.05, 3.63) is 48.4 Å². The number of nitrogens with zero attached hydrogens (tertiary/aromatic N) is 2.